The highest BCUT2D eigenvalue weighted by atomic mass is 16.5. The van der Waals surface area contributed by atoms with Crippen molar-refractivity contribution in [2.24, 2.45) is 0 Å². The van der Waals surface area contributed by atoms with Gasteiger partial charge in [-0.05, 0) is 45.0 Å². The summed E-state index contributed by atoms with van der Waals surface area (Å²) in [6.07, 6.45) is 4.58. The van der Waals surface area contributed by atoms with E-state index in [9.17, 15) is 0 Å². The predicted octanol–water partition coefficient (Wildman–Crippen LogP) is 2.77. The number of benzene rings is 1. The van der Waals surface area contributed by atoms with Crippen molar-refractivity contribution in [2.45, 2.75) is 19.8 Å². The first-order valence-electron chi connectivity index (χ1n) is 5.84. The van der Waals surface area contributed by atoms with E-state index in [1.807, 2.05) is 6.07 Å². The van der Waals surface area contributed by atoms with Crippen molar-refractivity contribution in [3.05, 3.63) is 34.9 Å². The molecule has 2 heteroatoms. The first-order chi connectivity index (χ1) is 7.79. The maximum absolute atomic E-state index is 5.38. The van der Waals surface area contributed by atoms with Gasteiger partial charge in [-0.15, -0.1) is 0 Å². The van der Waals surface area contributed by atoms with Gasteiger partial charge >= 0.3 is 0 Å². The van der Waals surface area contributed by atoms with Gasteiger partial charge in [-0.1, -0.05) is 23.3 Å². The fraction of sp³-hybridized carbons (Fsp3) is 0.429. The molecule has 0 spiro atoms. The van der Waals surface area contributed by atoms with Crippen LogP contribution in [0.3, 0.4) is 0 Å². The summed E-state index contributed by atoms with van der Waals surface area (Å²) >= 11 is 0. The van der Waals surface area contributed by atoms with Gasteiger partial charge in [0.1, 0.15) is 5.75 Å². The maximum atomic E-state index is 5.38. The van der Waals surface area contributed by atoms with E-state index in [2.05, 4.69) is 30.4 Å². The van der Waals surface area contributed by atoms with Crippen LogP contribution in [0.15, 0.2) is 23.8 Å². The van der Waals surface area contributed by atoms with Crippen LogP contribution in [0.1, 0.15) is 24.0 Å². The molecule has 0 saturated carbocycles. The van der Waals surface area contributed by atoms with Gasteiger partial charge < -0.3 is 10.1 Å². The fourth-order valence-electron chi connectivity index (χ4n) is 2.08. The Morgan fingerprint density at radius 1 is 1.25 bits per heavy atom. The van der Waals surface area contributed by atoms with Gasteiger partial charge in [0.25, 0.3) is 0 Å². The molecule has 0 bridgehead atoms. The van der Waals surface area contributed by atoms with Crippen LogP contribution < -0.4 is 10.1 Å². The third kappa shape index (κ3) is 2.64. The van der Waals surface area contributed by atoms with Gasteiger partial charge in [0.2, 0.25) is 0 Å². The molecule has 1 heterocycles. The van der Waals surface area contributed by atoms with Crippen molar-refractivity contribution in [1.82, 2.24) is 5.32 Å². The van der Waals surface area contributed by atoms with Crippen LogP contribution in [0.25, 0.3) is 6.08 Å². The van der Waals surface area contributed by atoms with Crippen LogP contribution in [0.5, 0.6) is 5.75 Å². The van der Waals surface area contributed by atoms with E-state index < -0.39 is 0 Å². The molecule has 1 fully saturated rings. The van der Waals surface area contributed by atoms with E-state index in [0.29, 0.717) is 0 Å². The summed E-state index contributed by atoms with van der Waals surface area (Å²) in [7, 11) is 1.73. The highest BCUT2D eigenvalue weighted by molar-refractivity contribution is 5.61. The summed E-state index contributed by atoms with van der Waals surface area (Å²) in [6, 6.07) is 6.32. The number of rotatable bonds is 2. The Labute approximate surface area is 97.3 Å². The van der Waals surface area contributed by atoms with Crippen LogP contribution in [0, 0.1) is 6.92 Å². The number of hydrogen-bond donors (Lipinski definition) is 1. The number of piperidine rings is 1. The number of ether oxygens (including phenoxy) is 1. The number of methoxy groups -OCH3 is 1. The molecule has 1 N–H and O–H groups in total. The molecule has 2 rings (SSSR count). The van der Waals surface area contributed by atoms with E-state index in [0.717, 1.165) is 31.7 Å². The standard InChI is InChI=1S/C14H19NO/c1-11-3-4-14(16-2)13(9-11)10-12-5-7-15-8-6-12/h3-4,9-10,15H,5-8H2,1-2H3. The molecular formula is C14H19NO. The Bertz CT molecular complexity index is 388. The molecule has 16 heavy (non-hydrogen) atoms. The van der Waals surface area contributed by atoms with Crippen LogP contribution >= 0.6 is 0 Å². The Balaban J connectivity index is 2.27. The quantitative estimate of drug-likeness (QED) is 0.822. The van der Waals surface area contributed by atoms with E-state index in [-0.39, 0.29) is 0 Å². The zero-order valence-corrected chi connectivity index (χ0v) is 10.0. The summed E-state index contributed by atoms with van der Waals surface area (Å²) in [5.41, 5.74) is 4.00. The normalized spacial score (nSPS) is 16.0. The molecular weight excluding hydrogens is 198 g/mol. The minimum absolute atomic E-state index is 0.969. The second-order valence-electron chi connectivity index (χ2n) is 4.30. The molecule has 0 atom stereocenters. The summed E-state index contributed by atoms with van der Waals surface area (Å²) < 4.78 is 5.38. The molecule has 2 nitrogen and oxygen atoms in total. The van der Waals surface area contributed by atoms with Gasteiger partial charge in [-0.25, -0.2) is 0 Å². The van der Waals surface area contributed by atoms with Crippen LogP contribution in [0.4, 0.5) is 0 Å². The lowest BCUT2D eigenvalue weighted by Crippen LogP contribution is -2.22. The predicted molar refractivity (Wildman–Crippen MR) is 67.8 cm³/mol. The van der Waals surface area contributed by atoms with Crippen LogP contribution in [-0.2, 0) is 0 Å². The lowest BCUT2D eigenvalue weighted by atomic mass is 10.0. The maximum Gasteiger partial charge on any atom is 0.126 e. The van der Waals surface area contributed by atoms with Gasteiger partial charge in [0.15, 0.2) is 0 Å². The number of hydrogen-bond acceptors (Lipinski definition) is 2. The van der Waals surface area contributed by atoms with Gasteiger partial charge in [0, 0.05) is 5.56 Å². The third-order valence-electron chi connectivity index (χ3n) is 2.99. The molecule has 0 unspecified atom stereocenters. The van der Waals surface area contributed by atoms with Gasteiger partial charge in [-0.3, -0.25) is 0 Å². The Hall–Kier alpha value is -1.28. The number of nitrogens with one attached hydrogen (secondary N) is 1. The van der Waals surface area contributed by atoms with Crippen LogP contribution in [-0.4, -0.2) is 20.2 Å². The molecule has 1 aromatic carbocycles. The minimum Gasteiger partial charge on any atom is -0.496 e. The summed E-state index contributed by atoms with van der Waals surface area (Å²) in [5.74, 6) is 0.969. The lowest BCUT2D eigenvalue weighted by Gasteiger charge is -2.16. The fourth-order valence-corrected chi connectivity index (χ4v) is 2.08. The molecule has 0 aromatic heterocycles. The average Bonchev–Trinajstić information content (AvgIpc) is 2.31. The Morgan fingerprint density at radius 3 is 2.69 bits per heavy atom. The molecule has 0 aliphatic carbocycles. The van der Waals surface area contributed by atoms with Crippen molar-refractivity contribution in [3.63, 3.8) is 0 Å². The molecule has 1 aliphatic rings. The van der Waals surface area contributed by atoms with E-state index in [4.69, 9.17) is 4.74 Å². The van der Waals surface area contributed by atoms with Crippen molar-refractivity contribution >= 4 is 6.08 Å². The first kappa shape index (κ1) is 11.2. The van der Waals surface area contributed by atoms with E-state index in [1.54, 1.807) is 7.11 Å². The smallest absolute Gasteiger partial charge is 0.126 e. The monoisotopic (exact) mass is 217 g/mol. The zero-order valence-electron chi connectivity index (χ0n) is 10.0. The zero-order chi connectivity index (χ0) is 11.4. The molecule has 86 valence electrons. The molecule has 0 amide bonds. The molecule has 1 aromatic rings. The highest BCUT2D eigenvalue weighted by Gasteiger charge is 2.06. The van der Waals surface area contributed by atoms with Crippen molar-refractivity contribution in [2.75, 3.05) is 20.2 Å². The van der Waals surface area contributed by atoms with E-state index in [1.165, 1.54) is 16.7 Å². The lowest BCUT2D eigenvalue weighted by molar-refractivity contribution is 0.413. The SMILES string of the molecule is COc1ccc(C)cc1C=C1CCNCC1. The van der Waals surface area contributed by atoms with Crippen molar-refractivity contribution < 1.29 is 4.74 Å². The van der Waals surface area contributed by atoms with Gasteiger partial charge in [0.05, 0.1) is 7.11 Å². The Morgan fingerprint density at radius 2 is 2.00 bits per heavy atom. The summed E-state index contributed by atoms with van der Waals surface area (Å²) in [4.78, 5) is 0. The average molecular weight is 217 g/mol. The second kappa shape index (κ2) is 5.17. The van der Waals surface area contributed by atoms with Crippen LogP contribution in [0.2, 0.25) is 0 Å². The first-order valence-corrected chi connectivity index (χ1v) is 5.84. The molecule has 1 saturated heterocycles. The minimum atomic E-state index is 0.969. The van der Waals surface area contributed by atoms with Crippen molar-refractivity contribution in [3.8, 4) is 5.75 Å². The topological polar surface area (TPSA) is 21.3 Å². The largest absolute Gasteiger partial charge is 0.496 e. The van der Waals surface area contributed by atoms with E-state index >= 15 is 0 Å². The molecule has 1 aliphatic heterocycles. The van der Waals surface area contributed by atoms with Crippen molar-refractivity contribution in [1.29, 1.82) is 0 Å². The molecule has 0 radical (unpaired) electrons. The summed E-state index contributed by atoms with van der Waals surface area (Å²) in [6.45, 7) is 4.31. The third-order valence-corrected chi connectivity index (χ3v) is 2.99. The summed E-state index contributed by atoms with van der Waals surface area (Å²) in [5, 5.41) is 3.37. The highest BCUT2D eigenvalue weighted by Crippen LogP contribution is 2.24. The number of aryl methyl sites for hydroxylation is 1. The Kier molecular flexibility index (Phi) is 3.62. The van der Waals surface area contributed by atoms with Gasteiger partial charge in [-0.2, -0.15) is 0 Å². The second-order valence-corrected chi connectivity index (χ2v) is 4.30.